The standard InChI is InChI=1S/C11H19N7/c1-8(2)4-11(3,7-12)14-9-5-13-6-10-15-16-17-18(9)10/h5-6,8,14H,4,7,12H2,1-3H3. The minimum Gasteiger partial charge on any atom is -0.362 e. The van der Waals surface area contributed by atoms with Crippen LogP contribution in [0.25, 0.3) is 5.65 Å². The predicted octanol–water partition coefficient (Wildman–Crippen LogP) is 0.695. The molecule has 0 aliphatic heterocycles. The first-order valence-corrected chi connectivity index (χ1v) is 6.04. The fraction of sp³-hybridized carbons (Fsp3) is 0.636. The van der Waals surface area contributed by atoms with Gasteiger partial charge in [0.2, 0.25) is 0 Å². The Kier molecular flexibility index (Phi) is 3.42. The maximum absolute atomic E-state index is 5.88. The van der Waals surface area contributed by atoms with Crippen LogP contribution < -0.4 is 11.1 Å². The van der Waals surface area contributed by atoms with Crippen LogP contribution in [0.2, 0.25) is 0 Å². The maximum atomic E-state index is 5.88. The fourth-order valence-corrected chi connectivity index (χ4v) is 2.16. The Morgan fingerprint density at radius 1 is 1.44 bits per heavy atom. The Morgan fingerprint density at radius 2 is 2.22 bits per heavy atom. The number of hydrogen-bond donors (Lipinski definition) is 2. The van der Waals surface area contributed by atoms with Crippen molar-refractivity contribution < 1.29 is 0 Å². The molecule has 2 heterocycles. The molecule has 0 aliphatic carbocycles. The quantitative estimate of drug-likeness (QED) is 0.810. The third-order valence-electron chi connectivity index (χ3n) is 2.85. The van der Waals surface area contributed by atoms with E-state index in [-0.39, 0.29) is 5.54 Å². The van der Waals surface area contributed by atoms with E-state index in [1.165, 1.54) is 0 Å². The monoisotopic (exact) mass is 249 g/mol. The van der Waals surface area contributed by atoms with Gasteiger partial charge in [0.1, 0.15) is 0 Å². The van der Waals surface area contributed by atoms with Gasteiger partial charge in [0, 0.05) is 12.1 Å². The predicted molar refractivity (Wildman–Crippen MR) is 69.1 cm³/mol. The molecule has 0 fully saturated rings. The highest BCUT2D eigenvalue weighted by Gasteiger charge is 2.24. The van der Waals surface area contributed by atoms with Crippen LogP contribution in [-0.4, -0.2) is 37.1 Å². The van der Waals surface area contributed by atoms with Crippen LogP contribution in [0.4, 0.5) is 5.82 Å². The molecule has 7 nitrogen and oxygen atoms in total. The second kappa shape index (κ2) is 4.85. The third kappa shape index (κ3) is 2.56. The first-order valence-electron chi connectivity index (χ1n) is 6.04. The van der Waals surface area contributed by atoms with Crippen LogP contribution in [0.3, 0.4) is 0 Å². The summed E-state index contributed by atoms with van der Waals surface area (Å²) in [4.78, 5) is 4.12. The molecule has 0 aromatic carbocycles. The molecular weight excluding hydrogens is 230 g/mol. The second-order valence-electron chi connectivity index (χ2n) is 5.23. The number of nitrogens with zero attached hydrogens (tertiary/aromatic N) is 5. The zero-order valence-electron chi connectivity index (χ0n) is 11.0. The van der Waals surface area contributed by atoms with Crippen molar-refractivity contribution in [2.75, 3.05) is 11.9 Å². The van der Waals surface area contributed by atoms with Crippen molar-refractivity contribution in [2.45, 2.75) is 32.7 Å². The van der Waals surface area contributed by atoms with Crippen LogP contribution in [-0.2, 0) is 0 Å². The molecule has 2 rings (SSSR count). The molecule has 0 saturated carbocycles. The van der Waals surface area contributed by atoms with Crippen LogP contribution >= 0.6 is 0 Å². The van der Waals surface area contributed by atoms with E-state index in [0.29, 0.717) is 18.1 Å². The van der Waals surface area contributed by atoms with Gasteiger partial charge in [-0.25, -0.2) is 0 Å². The summed E-state index contributed by atoms with van der Waals surface area (Å²) in [5.74, 6) is 1.30. The Bertz CT molecular complexity index is 521. The number of aromatic nitrogens is 5. The van der Waals surface area contributed by atoms with Crippen molar-refractivity contribution in [3.05, 3.63) is 12.4 Å². The van der Waals surface area contributed by atoms with Gasteiger partial charge in [0.15, 0.2) is 11.5 Å². The number of rotatable bonds is 5. The van der Waals surface area contributed by atoms with Crippen molar-refractivity contribution >= 4 is 11.5 Å². The van der Waals surface area contributed by atoms with E-state index in [2.05, 4.69) is 46.6 Å². The summed E-state index contributed by atoms with van der Waals surface area (Å²) in [6, 6.07) is 0. The molecule has 18 heavy (non-hydrogen) atoms. The van der Waals surface area contributed by atoms with Gasteiger partial charge in [0.05, 0.1) is 12.4 Å². The summed E-state index contributed by atoms with van der Waals surface area (Å²) in [5.41, 5.74) is 6.30. The molecule has 3 N–H and O–H groups in total. The summed E-state index contributed by atoms with van der Waals surface area (Å²) in [6.07, 6.45) is 4.28. The molecule has 0 saturated heterocycles. The SMILES string of the molecule is CC(C)CC(C)(CN)Nc1cncc2nnnn12. The van der Waals surface area contributed by atoms with Crippen molar-refractivity contribution in [3.63, 3.8) is 0 Å². The van der Waals surface area contributed by atoms with Gasteiger partial charge in [0.25, 0.3) is 0 Å². The van der Waals surface area contributed by atoms with E-state index in [4.69, 9.17) is 5.73 Å². The van der Waals surface area contributed by atoms with E-state index >= 15 is 0 Å². The molecule has 0 spiro atoms. The lowest BCUT2D eigenvalue weighted by atomic mass is 9.91. The molecule has 0 aliphatic rings. The van der Waals surface area contributed by atoms with Crippen LogP contribution in [0, 0.1) is 5.92 Å². The van der Waals surface area contributed by atoms with Crippen LogP contribution in [0.5, 0.6) is 0 Å². The van der Waals surface area contributed by atoms with E-state index in [1.54, 1.807) is 16.9 Å². The molecule has 2 aromatic heterocycles. The van der Waals surface area contributed by atoms with Gasteiger partial charge in [-0.15, -0.1) is 5.10 Å². The van der Waals surface area contributed by atoms with Gasteiger partial charge in [-0.2, -0.15) is 4.52 Å². The number of hydrogen-bond acceptors (Lipinski definition) is 6. The Labute approximate surface area is 106 Å². The molecule has 2 aromatic rings. The molecule has 0 bridgehead atoms. The molecule has 1 atom stereocenters. The number of nitrogens with one attached hydrogen (secondary N) is 1. The molecule has 7 heteroatoms. The zero-order valence-corrected chi connectivity index (χ0v) is 11.0. The second-order valence-corrected chi connectivity index (χ2v) is 5.23. The lowest BCUT2D eigenvalue weighted by molar-refractivity contribution is 0.405. The highest BCUT2D eigenvalue weighted by molar-refractivity contribution is 5.45. The lowest BCUT2D eigenvalue weighted by Crippen LogP contribution is -2.44. The Morgan fingerprint density at radius 3 is 2.89 bits per heavy atom. The van der Waals surface area contributed by atoms with Crippen LogP contribution in [0.1, 0.15) is 27.2 Å². The number of tetrazole rings is 1. The Hall–Kier alpha value is -1.76. The van der Waals surface area contributed by atoms with Crippen LogP contribution in [0.15, 0.2) is 12.4 Å². The molecular formula is C11H19N7. The molecule has 0 radical (unpaired) electrons. The van der Waals surface area contributed by atoms with Gasteiger partial charge in [-0.3, -0.25) is 4.98 Å². The number of anilines is 1. The minimum atomic E-state index is -0.198. The zero-order chi connectivity index (χ0) is 13.2. The van der Waals surface area contributed by atoms with Crippen molar-refractivity contribution in [1.82, 2.24) is 25.0 Å². The summed E-state index contributed by atoms with van der Waals surface area (Å²) < 4.78 is 1.63. The third-order valence-corrected chi connectivity index (χ3v) is 2.85. The van der Waals surface area contributed by atoms with Crippen molar-refractivity contribution in [2.24, 2.45) is 11.7 Å². The average molecular weight is 249 g/mol. The van der Waals surface area contributed by atoms with E-state index in [1.807, 2.05) is 0 Å². The fourth-order valence-electron chi connectivity index (χ4n) is 2.16. The lowest BCUT2D eigenvalue weighted by Gasteiger charge is -2.31. The summed E-state index contributed by atoms with van der Waals surface area (Å²) in [6.45, 7) is 6.97. The number of fused-ring (bicyclic) bond motifs is 1. The summed E-state index contributed by atoms with van der Waals surface area (Å²) in [7, 11) is 0. The highest BCUT2D eigenvalue weighted by atomic mass is 15.5. The highest BCUT2D eigenvalue weighted by Crippen LogP contribution is 2.21. The molecule has 98 valence electrons. The molecule has 1 unspecified atom stereocenters. The Balaban J connectivity index is 2.29. The topological polar surface area (TPSA) is 94.0 Å². The van der Waals surface area contributed by atoms with E-state index in [9.17, 15) is 0 Å². The van der Waals surface area contributed by atoms with Gasteiger partial charge < -0.3 is 11.1 Å². The van der Waals surface area contributed by atoms with Crippen molar-refractivity contribution in [3.8, 4) is 0 Å². The first kappa shape index (κ1) is 12.7. The van der Waals surface area contributed by atoms with E-state index in [0.717, 1.165) is 12.2 Å². The average Bonchev–Trinajstić information content (AvgIpc) is 2.77. The van der Waals surface area contributed by atoms with Crippen molar-refractivity contribution in [1.29, 1.82) is 0 Å². The molecule has 0 amide bonds. The summed E-state index contributed by atoms with van der Waals surface area (Å²) in [5, 5.41) is 14.8. The largest absolute Gasteiger partial charge is 0.362 e. The number of nitrogens with two attached hydrogens (primary N) is 1. The van der Waals surface area contributed by atoms with Gasteiger partial charge >= 0.3 is 0 Å². The minimum absolute atomic E-state index is 0.198. The van der Waals surface area contributed by atoms with E-state index < -0.39 is 0 Å². The van der Waals surface area contributed by atoms with Gasteiger partial charge in [-0.1, -0.05) is 13.8 Å². The smallest absolute Gasteiger partial charge is 0.199 e. The summed E-state index contributed by atoms with van der Waals surface area (Å²) >= 11 is 0. The first-order chi connectivity index (χ1) is 8.54. The normalized spacial score (nSPS) is 14.9. The maximum Gasteiger partial charge on any atom is 0.199 e. The van der Waals surface area contributed by atoms with Gasteiger partial charge in [-0.05, 0) is 29.7 Å².